The van der Waals surface area contributed by atoms with Crippen LogP contribution in [0.25, 0.3) is 0 Å². The van der Waals surface area contributed by atoms with Crippen LogP contribution in [-0.2, 0) is 0 Å². The van der Waals surface area contributed by atoms with Gasteiger partial charge in [0.1, 0.15) is 17.2 Å². The van der Waals surface area contributed by atoms with E-state index < -0.39 is 0 Å². The highest BCUT2D eigenvalue weighted by Gasteiger charge is 2.45. The second-order valence-electron chi connectivity index (χ2n) is 6.03. The van der Waals surface area contributed by atoms with E-state index >= 15 is 0 Å². The Hall–Kier alpha value is -1.09. The van der Waals surface area contributed by atoms with Gasteiger partial charge in [-0.1, -0.05) is 13.3 Å². The molecule has 2 nitrogen and oxygen atoms in total. The van der Waals surface area contributed by atoms with Crippen LogP contribution in [0.1, 0.15) is 50.6 Å². The maximum absolute atomic E-state index is 13.4. The van der Waals surface area contributed by atoms with Crippen molar-refractivity contribution >= 4 is 0 Å². The molecule has 2 aliphatic rings. The smallest absolute Gasteiger partial charge is 0.125 e. The minimum absolute atomic E-state index is 0.0286. The van der Waals surface area contributed by atoms with E-state index in [2.05, 4.69) is 12.2 Å². The fraction of sp³-hybridized carbons (Fsp3) is 0.625. The van der Waals surface area contributed by atoms with Gasteiger partial charge in [-0.2, -0.15) is 0 Å². The van der Waals surface area contributed by atoms with Crippen LogP contribution in [0, 0.1) is 11.7 Å². The molecule has 3 heteroatoms. The Bertz CT molecular complexity index is 476. The zero-order valence-electron chi connectivity index (χ0n) is 11.7. The molecule has 1 aliphatic carbocycles. The lowest BCUT2D eigenvalue weighted by Crippen LogP contribution is -2.41. The number of hydrogen-bond donors (Lipinski definition) is 1. The topological polar surface area (TPSA) is 21.3 Å². The molecule has 19 heavy (non-hydrogen) atoms. The molecule has 3 unspecified atom stereocenters. The van der Waals surface area contributed by atoms with Crippen LogP contribution in [-0.4, -0.2) is 12.6 Å². The molecule has 1 N–H and O–H groups in total. The molecule has 1 saturated carbocycles. The average Bonchev–Trinajstić information content (AvgIpc) is 2.81. The minimum atomic E-state index is -0.184. The van der Waals surface area contributed by atoms with Gasteiger partial charge in [-0.3, -0.25) is 0 Å². The number of nitrogens with one attached hydrogen (secondary N) is 1. The van der Waals surface area contributed by atoms with Gasteiger partial charge in [0.15, 0.2) is 0 Å². The first-order chi connectivity index (χ1) is 9.15. The molecular weight excluding hydrogens is 241 g/mol. The molecule has 0 radical (unpaired) electrons. The first-order valence-electron chi connectivity index (χ1n) is 7.31. The van der Waals surface area contributed by atoms with Crippen molar-refractivity contribution in [2.24, 2.45) is 5.92 Å². The zero-order valence-corrected chi connectivity index (χ0v) is 11.7. The summed E-state index contributed by atoms with van der Waals surface area (Å²) in [5.41, 5.74) is 0.937. The van der Waals surface area contributed by atoms with Crippen molar-refractivity contribution in [3.05, 3.63) is 29.6 Å². The van der Waals surface area contributed by atoms with Gasteiger partial charge >= 0.3 is 0 Å². The fourth-order valence-corrected chi connectivity index (χ4v) is 3.72. The van der Waals surface area contributed by atoms with Gasteiger partial charge in [-0.15, -0.1) is 0 Å². The van der Waals surface area contributed by atoms with Crippen LogP contribution < -0.4 is 10.1 Å². The Labute approximate surface area is 114 Å². The summed E-state index contributed by atoms with van der Waals surface area (Å²) in [6.07, 6.45) is 5.70. The summed E-state index contributed by atoms with van der Waals surface area (Å²) in [6, 6.07) is 5.09. The summed E-state index contributed by atoms with van der Waals surface area (Å²) in [5.74, 6) is 1.46. The molecule has 0 saturated heterocycles. The molecule has 3 rings (SSSR count). The van der Waals surface area contributed by atoms with E-state index in [1.807, 2.05) is 7.05 Å². The molecular formula is C16H22FNO. The van der Waals surface area contributed by atoms with E-state index in [9.17, 15) is 4.39 Å². The lowest BCUT2D eigenvalue weighted by molar-refractivity contribution is 0.0337. The summed E-state index contributed by atoms with van der Waals surface area (Å²) in [4.78, 5) is 0. The SMILES string of the molecule is CCC1CCC2(C1)CC(NC)c1cc(F)ccc1O2. The van der Waals surface area contributed by atoms with Gasteiger partial charge in [0, 0.05) is 18.0 Å². The Kier molecular flexibility index (Phi) is 3.25. The Balaban J connectivity index is 1.92. The van der Waals surface area contributed by atoms with Gasteiger partial charge in [0.2, 0.25) is 0 Å². The third-order valence-electron chi connectivity index (χ3n) is 4.84. The van der Waals surface area contributed by atoms with E-state index in [1.165, 1.54) is 18.9 Å². The second-order valence-corrected chi connectivity index (χ2v) is 6.03. The maximum Gasteiger partial charge on any atom is 0.125 e. The molecule has 104 valence electrons. The molecule has 3 atom stereocenters. The quantitative estimate of drug-likeness (QED) is 0.876. The molecule has 1 aromatic carbocycles. The highest BCUT2D eigenvalue weighted by molar-refractivity contribution is 5.39. The third-order valence-corrected chi connectivity index (χ3v) is 4.84. The first kappa shape index (κ1) is 12.9. The number of ether oxygens (including phenoxy) is 1. The summed E-state index contributed by atoms with van der Waals surface area (Å²) in [7, 11) is 1.95. The Morgan fingerprint density at radius 1 is 1.42 bits per heavy atom. The monoisotopic (exact) mass is 263 g/mol. The summed E-state index contributed by atoms with van der Waals surface area (Å²) >= 11 is 0. The van der Waals surface area contributed by atoms with Crippen LogP contribution in [0.2, 0.25) is 0 Å². The van der Waals surface area contributed by atoms with Gasteiger partial charge < -0.3 is 10.1 Å². The third kappa shape index (κ3) is 2.25. The molecule has 0 aromatic heterocycles. The van der Waals surface area contributed by atoms with Crippen molar-refractivity contribution < 1.29 is 9.13 Å². The van der Waals surface area contributed by atoms with Crippen LogP contribution in [0.5, 0.6) is 5.75 Å². The van der Waals surface area contributed by atoms with Crippen molar-refractivity contribution in [1.82, 2.24) is 5.32 Å². The van der Waals surface area contributed by atoms with Gasteiger partial charge in [-0.25, -0.2) is 4.39 Å². The van der Waals surface area contributed by atoms with Gasteiger partial charge in [-0.05, 0) is 50.4 Å². The highest BCUT2D eigenvalue weighted by Crippen LogP contribution is 2.49. The van der Waals surface area contributed by atoms with Crippen molar-refractivity contribution in [3.63, 3.8) is 0 Å². The molecule has 1 fully saturated rings. The number of benzene rings is 1. The predicted octanol–water partition coefficient (Wildman–Crippen LogP) is 3.82. The maximum atomic E-state index is 13.4. The average molecular weight is 263 g/mol. The van der Waals surface area contributed by atoms with E-state index in [4.69, 9.17) is 4.74 Å². The van der Waals surface area contributed by atoms with Crippen LogP contribution in [0.4, 0.5) is 4.39 Å². The molecule has 1 aromatic rings. The predicted molar refractivity (Wildman–Crippen MR) is 73.8 cm³/mol. The lowest BCUT2D eigenvalue weighted by atomic mass is 9.85. The highest BCUT2D eigenvalue weighted by atomic mass is 19.1. The van der Waals surface area contributed by atoms with Crippen LogP contribution in [0.3, 0.4) is 0 Å². The standard InChI is InChI=1S/C16H22FNO/c1-3-11-6-7-16(9-11)10-14(18-2)13-8-12(17)4-5-15(13)19-16/h4-5,8,11,14,18H,3,6-7,9-10H2,1-2H3. The van der Waals surface area contributed by atoms with E-state index in [-0.39, 0.29) is 17.5 Å². The largest absolute Gasteiger partial charge is 0.487 e. The zero-order chi connectivity index (χ0) is 13.5. The normalized spacial score (nSPS) is 33.2. The molecule has 1 heterocycles. The molecule has 1 aliphatic heterocycles. The second kappa shape index (κ2) is 4.78. The Morgan fingerprint density at radius 2 is 2.26 bits per heavy atom. The number of rotatable bonds is 2. The summed E-state index contributed by atoms with van der Waals surface area (Å²) in [5, 5.41) is 3.32. The number of hydrogen-bond acceptors (Lipinski definition) is 2. The van der Waals surface area contributed by atoms with Crippen molar-refractivity contribution in [1.29, 1.82) is 0 Å². The first-order valence-corrected chi connectivity index (χ1v) is 7.31. The summed E-state index contributed by atoms with van der Waals surface area (Å²) < 4.78 is 19.7. The van der Waals surface area contributed by atoms with Crippen LogP contribution in [0.15, 0.2) is 18.2 Å². The number of halogens is 1. The van der Waals surface area contributed by atoms with Crippen molar-refractivity contribution in [2.45, 2.75) is 50.7 Å². The number of fused-ring (bicyclic) bond motifs is 1. The molecule has 0 bridgehead atoms. The lowest BCUT2D eigenvalue weighted by Gasteiger charge is -2.40. The van der Waals surface area contributed by atoms with E-state index in [0.717, 1.165) is 36.5 Å². The van der Waals surface area contributed by atoms with Gasteiger partial charge in [0.25, 0.3) is 0 Å². The van der Waals surface area contributed by atoms with Crippen molar-refractivity contribution in [2.75, 3.05) is 7.05 Å². The minimum Gasteiger partial charge on any atom is -0.487 e. The van der Waals surface area contributed by atoms with Gasteiger partial charge in [0.05, 0.1) is 0 Å². The van der Waals surface area contributed by atoms with E-state index in [0.29, 0.717) is 0 Å². The van der Waals surface area contributed by atoms with Crippen molar-refractivity contribution in [3.8, 4) is 5.75 Å². The van der Waals surface area contributed by atoms with E-state index in [1.54, 1.807) is 12.1 Å². The Morgan fingerprint density at radius 3 is 2.95 bits per heavy atom. The van der Waals surface area contributed by atoms with Crippen LogP contribution >= 0.6 is 0 Å². The summed E-state index contributed by atoms with van der Waals surface area (Å²) in [6.45, 7) is 2.26. The molecule has 0 amide bonds. The molecule has 1 spiro atoms. The fourth-order valence-electron chi connectivity index (χ4n) is 3.72.